The standard InChI is InChI=1S/C17H19NO3/c1-10-6-13-15(16(20)18-10)12(7-14(19)21-13)3-2-11-8-17(9-11)4-5-17/h7,11H,1-6,8-9H2,(H,18,20). The van der Waals surface area contributed by atoms with Crippen molar-refractivity contribution in [1.29, 1.82) is 0 Å². The van der Waals surface area contributed by atoms with Crippen LogP contribution in [0.1, 0.15) is 53.8 Å². The highest BCUT2D eigenvalue weighted by Crippen LogP contribution is 2.64. The number of carbonyl (C=O) groups is 1. The maximum atomic E-state index is 12.1. The summed E-state index contributed by atoms with van der Waals surface area (Å²) in [5.41, 5.74) is 2.32. The van der Waals surface area contributed by atoms with Crippen LogP contribution >= 0.6 is 0 Å². The Kier molecular flexibility index (Phi) is 2.65. The molecular formula is C17H19NO3. The Morgan fingerprint density at radius 2 is 2.10 bits per heavy atom. The average Bonchev–Trinajstić information content (AvgIpc) is 3.13. The van der Waals surface area contributed by atoms with E-state index in [1.54, 1.807) is 0 Å². The van der Waals surface area contributed by atoms with E-state index in [1.807, 2.05) is 0 Å². The molecule has 1 aromatic rings. The van der Waals surface area contributed by atoms with Gasteiger partial charge in [-0.25, -0.2) is 4.79 Å². The van der Waals surface area contributed by atoms with E-state index >= 15 is 0 Å². The number of fused-ring (bicyclic) bond motifs is 1. The van der Waals surface area contributed by atoms with Gasteiger partial charge in [0.15, 0.2) is 0 Å². The number of rotatable bonds is 3. The van der Waals surface area contributed by atoms with Gasteiger partial charge in [-0.05, 0) is 55.4 Å². The number of aryl methyl sites for hydroxylation is 1. The molecule has 4 heteroatoms. The van der Waals surface area contributed by atoms with Gasteiger partial charge < -0.3 is 9.73 Å². The highest BCUT2D eigenvalue weighted by molar-refractivity contribution is 5.98. The summed E-state index contributed by atoms with van der Waals surface area (Å²) in [6, 6.07) is 1.48. The van der Waals surface area contributed by atoms with Crippen LogP contribution in [-0.4, -0.2) is 5.91 Å². The van der Waals surface area contributed by atoms with Gasteiger partial charge in [-0.3, -0.25) is 4.79 Å². The lowest BCUT2D eigenvalue weighted by atomic mass is 9.69. The van der Waals surface area contributed by atoms with E-state index in [1.165, 1.54) is 31.7 Å². The minimum Gasteiger partial charge on any atom is -0.427 e. The molecule has 0 unspecified atom stereocenters. The van der Waals surface area contributed by atoms with Crippen LogP contribution in [-0.2, 0) is 12.8 Å². The lowest BCUT2D eigenvalue weighted by molar-refractivity contribution is 0.0951. The molecule has 21 heavy (non-hydrogen) atoms. The molecule has 0 saturated heterocycles. The molecule has 4 nitrogen and oxygen atoms in total. The molecule has 2 heterocycles. The zero-order chi connectivity index (χ0) is 14.6. The lowest BCUT2D eigenvalue weighted by Gasteiger charge is -2.36. The first kappa shape index (κ1) is 12.9. The van der Waals surface area contributed by atoms with Crippen molar-refractivity contribution in [2.75, 3.05) is 0 Å². The maximum absolute atomic E-state index is 12.1. The van der Waals surface area contributed by atoms with Crippen molar-refractivity contribution in [3.8, 4) is 0 Å². The molecule has 2 fully saturated rings. The predicted molar refractivity (Wildman–Crippen MR) is 78.0 cm³/mol. The number of allylic oxidation sites excluding steroid dienone is 1. The molecule has 0 radical (unpaired) electrons. The Hall–Kier alpha value is -1.84. The summed E-state index contributed by atoms with van der Waals surface area (Å²) in [5, 5.41) is 2.74. The molecule has 0 atom stereocenters. The molecule has 0 aromatic carbocycles. The molecule has 1 aliphatic heterocycles. The second kappa shape index (κ2) is 4.33. The summed E-state index contributed by atoms with van der Waals surface area (Å²) in [6.45, 7) is 3.75. The molecular weight excluding hydrogens is 266 g/mol. The molecule has 4 rings (SSSR count). The largest absolute Gasteiger partial charge is 0.427 e. The van der Waals surface area contributed by atoms with Gasteiger partial charge >= 0.3 is 5.63 Å². The van der Waals surface area contributed by atoms with Gasteiger partial charge in [-0.1, -0.05) is 6.58 Å². The third-order valence-corrected chi connectivity index (χ3v) is 5.23. The molecule has 1 aromatic heterocycles. The van der Waals surface area contributed by atoms with Gasteiger partial charge in [-0.2, -0.15) is 0 Å². The van der Waals surface area contributed by atoms with Gasteiger partial charge in [0.25, 0.3) is 5.91 Å². The third-order valence-electron chi connectivity index (χ3n) is 5.23. The fraction of sp³-hybridized carbons (Fsp3) is 0.529. The van der Waals surface area contributed by atoms with Crippen molar-refractivity contribution in [2.24, 2.45) is 11.3 Å². The first-order valence-corrected chi connectivity index (χ1v) is 7.70. The highest BCUT2D eigenvalue weighted by Gasteiger charge is 2.52. The number of nitrogens with one attached hydrogen (secondary N) is 1. The van der Waals surface area contributed by atoms with Gasteiger partial charge in [0.2, 0.25) is 0 Å². The van der Waals surface area contributed by atoms with E-state index < -0.39 is 0 Å². The Labute approximate surface area is 123 Å². The van der Waals surface area contributed by atoms with Crippen LogP contribution in [0.3, 0.4) is 0 Å². The minimum atomic E-state index is -0.362. The van der Waals surface area contributed by atoms with Crippen LogP contribution < -0.4 is 10.9 Å². The first-order valence-electron chi connectivity index (χ1n) is 7.70. The molecule has 2 aliphatic carbocycles. The summed E-state index contributed by atoms with van der Waals surface area (Å²) in [4.78, 5) is 23.8. The SMILES string of the molecule is C=C1Cc2oc(=O)cc(CCC3CC4(CC4)C3)c2C(=O)N1. The van der Waals surface area contributed by atoms with Crippen LogP contribution in [0, 0.1) is 11.3 Å². The van der Waals surface area contributed by atoms with Crippen LogP contribution in [0.15, 0.2) is 27.6 Å². The van der Waals surface area contributed by atoms with E-state index in [9.17, 15) is 9.59 Å². The van der Waals surface area contributed by atoms with Gasteiger partial charge in [0.05, 0.1) is 5.56 Å². The molecule has 1 amide bonds. The van der Waals surface area contributed by atoms with Crippen LogP contribution in [0.25, 0.3) is 0 Å². The zero-order valence-electron chi connectivity index (χ0n) is 12.0. The first-order chi connectivity index (χ1) is 10.0. The van der Waals surface area contributed by atoms with Crippen molar-refractivity contribution in [3.05, 3.63) is 45.6 Å². The van der Waals surface area contributed by atoms with Gasteiger partial charge in [-0.15, -0.1) is 0 Å². The maximum Gasteiger partial charge on any atom is 0.336 e. The van der Waals surface area contributed by atoms with Crippen molar-refractivity contribution in [2.45, 2.75) is 44.9 Å². The topological polar surface area (TPSA) is 59.3 Å². The minimum absolute atomic E-state index is 0.188. The molecule has 0 bridgehead atoms. The molecule has 110 valence electrons. The zero-order valence-corrected chi connectivity index (χ0v) is 12.0. The van der Waals surface area contributed by atoms with Crippen LogP contribution in [0.2, 0.25) is 0 Å². The van der Waals surface area contributed by atoms with E-state index in [0.29, 0.717) is 28.9 Å². The van der Waals surface area contributed by atoms with E-state index in [4.69, 9.17) is 4.42 Å². The van der Waals surface area contributed by atoms with Crippen molar-refractivity contribution in [1.82, 2.24) is 5.32 Å². The predicted octanol–water partition coefficient (Wildman–Crippen LogP) is 2.56. The summed E-state index contributed by atoms with van der Waals surface area (Å²) in [5.74, 6) is 1.04. The summed E-state index contributed by atoms with van der Waals surface area (Å²) in [7, 11) is 0. The van der Waals surface area contributed by atoms with Crippen LogP contribution in [0.4, 0.5) is 0 Å². The van der Waals surface area contributed by atoms with Crippen molar-refractivity contribution >= 4 is 5.91 Å². The molecule has 1 N–H and O–H groups in total. The summed E-state index contributed by atoms with van der Waals surface area (Å²) in [6.07, 6.45) is 7.73. The molecule has 3 aliphatic rings. The highest BCUT2D eigenvalue weighted by atomic mass is 16.4. The quantitative estimate of drug-likeness (QED) is 0.928. The van der Waals surface area contributed by atoms with Crippen molar-refractivity contribution < 1.29 is 9.21 Å². The second-order valence-corrected chi connectivity index (χ2v) is 6.94. The van der Waals surface area contributed by atoms with Gasteiger partial charge in [0, 0.05) is 18.2 Å². The van der Waals surface area contributed by atoms with Crippen molar-refractivity contribution in [3.63, 3.8) is 0 Å². The Balaban J connectivity index is 1.55. The number of amides is 1. The number of carbonyl (C=O) groups excluding carboxylic acids is 1. The normalized spacial score (nSPS) is 22.7. The molecule has 2 saturated carbocycles. The van der Waals surface area contributed by atoms with E-state index in [2.05, 4.69) is 11.9 Å². The Bertz CT molecular complexity index is 688. The van der Waals surface area contributed by atoms with Crippen LogP contribution in [0.5, 0.6) is 0 Å². The van der Waals surface area contributed by atoms with Gasteiger partial charge in [0.1, 0.15) is 5.76 Å². The summed E-state index contributed by atoms with van der Waals surface area (Å²) >= 11 is 0. The molecule has 1 spiro atoms. The lowest BCUT2D eigenvalue weighted by Crippen LogP contribution is -2.32. The Morgan fingerprint density at radius 3 is 2.81 bits per heavy atom. The summed E-state index contributed by atoms with van der Waals surface area (Å²) < 4.78 is 5.19. The fourth-order valence-corrected chi connectivity index (χ4v) is 3.96. The fourth-order valence-electron chi connectivity index (χ4n) is 3.96. The third kappa shape index (κ3) is 2.23. The Morgan fingerprint density at radius 1 is 1.33 bits per heavy atom. The smallest absolute Gasteiger partial charge is 0.336 e. The number of hydrogen-bond acceptors (Lipinski definition) is 3. The number of hydrogen-bond donors (Lipinski definition) is 1. The van der Waals surface area contributed by atoms with E-state index in [-0.39, 0.29) is 11.5 Å². The van der Waals surface area contributed by atoms with E-state index in [0.717, 1.165) is 24.3 Å². The monoisotopic (exact) mass is 285 g/mol. The second-order valence-electron chi connectivity index (χ2n) is 6.94. The average molecular weight is 285 g/mol.